The average molecular weight is 430 g/mol. The highest BCUT2D eigenvalue weighted by atomic mass is 79.9. The molecule has 7 heteroatoms. The van der Waals surface area contributed by atoms with Crippen LogP contribution in [-0.2, 0) is 11.6 Å². The molecule has 0 bridgehead atoms. The third-order valence-electron chi connectivity index (χ3n) is 3.68. The number of benzene rings is 2. The van der Waals surface area contributed by atoms with E-state index in [9.17, 15) is 18.0 Å². The van der Waals surface area contributed by atoms with E-state index in [1.165, 1.54) is 12.1 Å². The number of halogens is 4. The Kier molecular flexibility index (Phi) is 5.70. The Morgan fingerprint density at radius 1 is 1.12 bits per heavy atom. The fraction of sp³-hybridized carbons (Fsp3) is 0.316. The van der Waals surface area contributed by atoms with Crippen LogP contribution in [0.2, 0.25) is 0 Å². The maximum Gasteiger partial charge on any atom is 0.417 e. The highest BCUT2D eigenvalue weighted by Crippen LogP contribution is 2.37. The van der Waals surface area contributed by atoms with Crippen molar-refractivity contribution in [2.24, 2.45) is 0 Å². The molecule has 0 aliphatic carbocycles. The van der Waals surface area contributed by atoms with Crippen LogP contribution >= 0.6 is 15.9 Å². The molecule has 0 aliphatic heterocycles. The second-order valence-electron chi connectivity index (χ2n) is 6.94. The third kappa shape index (κ3) is 5.00. The summed E-state index contributed by atoms with van der Waals surface area (Å²) in [4.78, 5) is 12.2. The SMILES string of the molecule is Cc1cc(Br)cc(C(C)(C)C)c1OC(=O)Nc1cccc(C(F)(F)F)c1. The summed E-state index contributed by atoms with van der Waals surface area (Å²) >= 11 is 3.42. The van der Waals surface area contributed by atoms with Gasteiger partial charge in [-0.15, -0.1) is 0 Å². The van der Waals surface area contributed by atoms with Crippen LogP contribution in [0.3, 0.4) is 0 Å². The molecule has 1 N–H and O–H groups in total. The maximum atomic E-state index is 12.8. The van der Waals surface area contributed by atoms with Gasteiger partial charge in [0.2, 0.25) is 0 Å². The van der Waals surface area contributed by atoms with E-state index in [1.807, 2.05) is 32.9 Å². The van der Waals surface area contributed by atoms with Crippen LogP contribution in [0.5, 0.6) is 5.75 Å². The number of ether oxygens (including phenoxy) is 1. The number of anilines is 1. The lowest BCUT2D eigenvalue weighted by molar-refractivity contribution is -0.137. The molecule has 140 valence electrons. The molecule has 2 aromatic carbocycles. The highest BCUT2D eigenvalue weighted by molar-refractivity contribution is 9.10. The van der Waals surface area contributed by atoms with Gasteiger partial charge in [0.15, 0.2) is 0 Å². The summed E-state index contributed by atoms with van der Waals surface area (Å²) < 4.78 is 44.6. The van der Waals surface area contributed by atoms with E-state index < -0.39 is 17.8 Å². The van der Waals surface area contributed by atoms with Gasteiger partial charge in [0.25, 0.3) is 0 Å². The Balaban J connectivity index is 2.27. The Morgan fingerprint density at radius 3 is 2.35 bits per heavy atom. The first-order valence-electron chi connectivity index (χ1n) is 7.84. The second-order valence-corrected chi connectivity index (χ2v) is 7.86. The van der Waals surface area contributed by atoms with Gasteiger partial charge in [-0.2, -0.15) is 13.2 Å². The van der Waals surface area contributed by atoms with Crippen LogP contribution in [0.4, 0.5) is 23.7 Å². The minimum Gasteiger partial charge on any atom is -0.410 e. The van der Waals surface area contributed by atoms with Crippen molar-refractivity contribution in [3.63, 3.8) is 0 Å². The molecule has 3 nitrogen and oxygen atoms in total. The quantitative estimate of drug-likeness (QED) is 0.577. The number of nitrogens with one attached hydrogen (secondary N) is 1. The van der Waals surface area contributed by atoms with Gasteiger partial charge in [0.1, 0.15) is 5.75 Å². The molecule has 0 atom stereocenters. The molecule has 0 saturated carbocycles. The summed E-state index contributed by atoms with van der Waals surface area (Å²) in [6, 6.07) is 8.06. The number of amides is 1. The van der Waals surface area contributed by atoms with Crippen molar-refractivity contribution in [3.05, 3.63) is 57.6 Å². The van der Waals surface area contributed by atoms with Crippen LogP contribution in [0.1, 0.15) is 37.5 Å². The number of carbonyl (C=O) groups excluding carboxylic acids is 1. The number of hydrogen-bond acceptors (Lipinski definition) is 2. The topological polar surface area (TPSA) is 38.3 Å². The lowest BCUT2D eigenvalue weighted by Gasteiger charge is -2.24. The summed E-state index contributed by atoms with van der Waals surface area (Å²) in [6.07, 6.45) is -5.33. The third-order valence-corrected chi connectivity index (χ3v) is 4.14. The van der Waals surface area contributed by atoms with Crippen LogP contribution in [0, 0.1) is 6.92 Å². The van der Waals surface area contributed by atoms with Gasteiger partial charge in [-0.05, 0) is 48.2 Å². The van der Waals surface area contributed by atoms with E-state index in [0.717, 1.165) is 27.7 Å². The van der Waals surface area contributed by atoms with E-state index in [-0.39, 0.29) is 11.1 Å². The van der Waals surface area contributed by atoms with Gasteiger partial charge in [-0.25, -0.2) is 4.79 Å². The number of rotatable bonds is 2. The maximum absolute atomic E-state index is 12.8. The monoisotopic (exact) mass is 429 g/mol. The molecule has 0 radical (unpaired) electrons. The Hall–Kier alpha value is -2.02. The van der Waals surface area contributed by atoms with Crippen molar-refractivity contribution in [1.82, 2.24) is 0 Å². The Morgan fingerprint density at radius 2 is 1.77 bits per heavy atom. The minimum absolute atomic E-state index is 0.0110. The van der Waals surface area contributed by atoms with Crippen molar-refractivity contribution in [1.29, 1.82) is 0 Å². The summed E-state index contributed by atoms with van der Waals surface area (Å²) in [5.41, 5.74) is 0.426. The summed E-state index contributed by atoms with van der Waals surface area (Å²) in [5.74, 6) is 0.394. The molecule has 0 aromatic heterocycles. The van der Waals surface area contributed by atoms with Gasteiger partial charge < -0.3 is 4.74 Å². The number of aryl methyl sites for hydroxylation is 1. The summed E-state index contributed by atoms with van der Waals surface area (Å²) in [5, 5.41) is 2.35. The minimum atomic E-state index is -4.48. The van der Waals surface area contributed by atoms with Crippen molar-refractivity contribution >= 4 is 27.7 Å². The summed E-state index contributed by atoms with van der Waals surface area (Å²) in [6.45, 7) is 7.73. The largest absolute Gasteiger partial charge is 0.417 e. The molecule has 0 saturated heterocycles. The zero-order chi connectivity index (χ0) is 19.7. The first-order chi connectivity index (χ1) is 11.9. The molecular formula is C19H19BrF3NO2. The van der Waals surface area contributed by atoms with Crippen LogP contribution in [0.15, 0.2) is 40.9 Å². The fourth-order valence-corrected chi connectivity index (χ4v) is 3.00. The molecule has 0 spiro atoms. The van der Waals surface area contributed by atoms with Gasteiger partial charge >= 0.3 is 12.3 Å². The first-order valence-corrected chi connectivity index (χ1v) is 8.64. The fourth-order valence-electron chi connectivity index (χ4n) is 2.43. The van der Waals surface area contributed by atoms with E-state index in [4.69, 9.17) is 4.74 Å². The Bertz CT molecular complexity index is 827. The zero-order valence-electron chi connectivity index (χ0n) is 14.8. The average Bonchev–Trinajstić information content (AvgIpc) is 2.48. The van der Waals surface area contributed by atoms with Crippen LogP contribution in [0.25, 0.3) is 0 Å². The zero-order valence-corrected chi connectivity index (χ0v) is 16.4. The van der Waals surface area contributed by atoms with Gasteiger partial charge in [0.05, 0.1) is 5.56 Å². The smallest absolute Gasteiger partial charge is 0.410 e. The molecule has 0 unspecified atom stereocenters. The van der Waals surface area contributed by atoms with Gasteiger partial charge in [-0.1, -0.05) is 42.8 Å². The lowest BCUT2D eigenvalue weighted by Crippen LogP contribution is -2.21. The predicted octanol–water partition coefficient (Wildman–Crippen LogP) is 6.68. The standard InChI is InChI=1S/C19H19BrF3NO2/c1-11-8-13(20)10-15(18(2,3)4)16(11)26-17(25)24-14-7-5-6-12(9-14)19(21,22)23/h5-10H,1-4H3,(H,24,25). The van der Waals surface area contributed by atoms with E-state index >= 15 is 0 Å². The van der Waals surface area contributed by atoms with E-state index in [2.05, 4.69) is 21.2 Å². The van der Waals surface area contributed by atoms with E-state index in [1.54, 1.807) is 6.92 Å². The number of carbonyl (C=O) groups is 1. The van der Waals surface area contributed by atoms with E-state index in [0.29, 0.717) is 5.75 Å². The highest BCUT2D eigenvalue weighted by Gasteiger charge is 2.30. The second kappa shape index (κ2) is 7.31. The molecule has 26 heavy (non-hydrogen) atoms. The molecule has 1 amide bonds. The van der Waals surface area contributed by atoms with Crippen LogP contribution < -0.4 is 10.1 Å². The molecule has 0 fully saturated rings. The molecular weight excluding hydrogens is 411 g/mol. The van der Waals surface area contributed by atoms with Crippen LogP contribution in [-0.4, -0.2) is 6.09 Å². The van der Waals surface area contributed by atoms with Crippen molar-refractivity contribution < 1.29 is 22.7 Å². The normalized spacial score (nSPS) is 12.0. The van der Waals surface area contributed by atoms with Crippen molar-refractivity contribution in [2.75, 3.05) is 5.32 Å². The lowest BCUT2D eigenvalue weighted by atomic mass is 9.85. The van der Waals surface area contributed by atoms with Crippen molar-refractivity contribution in [2.45, 2.75) is 39.3 Å². The molecule has 0 aliphatic rings. The first kappa shape index (κ1) is 20.3. The van der Waals surface area contributed by atoms with Crippen molar-refractivity contribution in [3.8, 4) is 5.75 Å². The molecule has 2 aromatic rings. The summed E-state index contributed by atoms with van der Waals surface area (Å²) in [7, 11) is 0. The predicted molar refractivity (Wildman–Crippen MR) is 98.7 cm³/mol. The Labute approximate surface area is 158 Å². The molecule has 0 heterocycles. The van der Waals surface area contributed by atoms with Gasteiger partial charge in [-0.3, -0.25) is 5.32 Å². The molecule has 2 rings (SSSR count). The number of hydrogen-bond donors (Lipinski definition) is 1. The van der Waals surface area contributed by atoms with Gasteiger partial charge in [0, 0.05) is 15.7 Å². The number of alkyl halides is 3.